The Morgan fingerprint density at radius 1 is 1.14 bits per heavy atom. The van der Waals surface area contributed by atoms with E-state index in [1.807, 2.05) is 6.92 Å². The molecule has 1 amide bonds. The van der Waals surface area contributed by atoms with Crippen molar-refractivity contribution in [3.8, 4) is 0 Å². The minimum absolute atomic E-state index is 0.559. The Balaban J connectivity index is 2.99. The molecule has 4 heteroatoms. The van der Waals surface area contributed by atoms with Gasteiger partial charge in [-0.05, 0) is 19.8 Å². The van der Waals surface area contributed by atoms with Crippen molar-refractivity contribution < 1.29 is 9.90 Å². The molecule has 14 heavy (non-hydrogen) atoms. The second-order valence-corrected chi connectivity index (χ2v) is 3.35. The molecule has 0 spiro atoms. The fourth-order valence-corrected chi connectivity index (χ4v) is 1.10. The highest BCUT2D eigenvalue weighted by Crippen LogP contribution is 1.98. The third kappa shape index (κ3) is 10.8. The van der Waals surface area contributed by atoms with Gasteiger partial charge in [0.25, 0.3) is 0 Å². The maximum atomic E-state index is 10.1. The summed E-state index contributed by atoms with van der Waals surface area (Å²) in [6, 6.07) is 0. The zero-order valence-electron chi connectivity index (χ0n) is 8.81. The first kappa shape index (κ1) is 12.8. The van der Waals surface area contributed by atoms with Gasteiger partial charge in [-0.25, -0.2) is 4.79 Å². The van der Waals surface area contributed by atoms with Gasteiger partial charge in [-0.3, -0.25) is 0 Å². The van der Waals surface area contributed by atoms with Gasteiger partial charge < -0.3 is 15.7 Å². The Morgan fingerprint density at radius 2 is 1.64 bits per heavy atom. The van der Waals surface area contributed by atoms with E-state index in [1.54, 1.807) is 0 Å². The summed E-state index contributed by atoms with van der Waals surface area (Å²) in [7, 11) is 0. The van der Waals surface area contributed by atoms with Gasteiger partial charge in [-0.2, -0.15) is 0 Å². The van der Waals surface area contributed by atoms with Crippen LogP contribution in [0.1, 0.15) is 32.6 Å². The fourth-order valence-electron chi connectivity index (χ4n) is 1.10. The summed E-state index contributed by atoms with van der Waals surface area (Å²) < 4.78 is 0. The Morgan fingerprint density at radius 3 is 2.07 bits per heavy atom. The van der Waals surface area contributed by atoms with Gasteiger partial charge in [0.2, 0.25) is 0 Å². The van der Waals surface area contributed by atoms with Crippen molar-refractivity contribution in [3.05, 3.63) is 12.3 Å². The Kier molecular flexibility index (Phi) is 7.70. The number of rotatable bonds is 8. The molecule has 0 rings (SSSR count). The summed E-state index contributed by atoms with van der Waals surface area (Å²) in [5.41, 5.74) is 0.998. The van der Waals surface area contributed by atoms with E-state index in [2.05, 4.69) is 17.2 Å². The van der Waals surface area contributed by atoms with Gasteiger partial charge in [0.1, 0.15) is 0 Å². The van der Waals surface area contributed by atoms with Crippen LogP contribution in [0.5, 0.6) is 0 Å². The lowest BCUT2D eigenvalue weighted by atomic mass is 10.2. The highest BCUT2D eigenvalue weighted by atomic mass is 16.4. The van der Waals surface area contributed by atoms with Gasteiger partial charge in [0.05, 0.1) is 0 Å². The smallest absolute Gasteiger partial charge is 0.404 e. The van der Waals surface area contributed by atoms with Crippen molar-refractivity contribution in [1.29, 1.82) is 0 Å². The summed E-state index contributed by atoms with van der Waals surface area (Å²) in [6.07, 6.45) is 3.29. The molecular formula is C10H20N2O2. The minimum Gasteiger partial charge on any atom is -0.465 e. The Bertz CT molecular complexity index is 161. The van der Waals surface area contributed by atoms with Gasteiger partial charge in [-0.15, -0.1) is 0 Å². The second-order valence-electron chi connectivity index (χ2n) is 3.35. The minimum atomic E-state index is -0.936. The van der Waals surface area contributed by atoms with Crippen molar-refractivity contribution in [2.75, 3.05) is 13.1 Å². The third-order valence-corrected chi connectivity index (χ3v) is 1.81. The highest BCUT2D eigenvalue weighted by molar-refractivity contribution is 5.64. The molecule has 0 aliphatic carbocycles. The van der Waals surface area contributed by atoms with Crippen LogP contribution in [0.25, 0.3) is 0 Å². The molecule has 0 bridgehead atoms. The molecule has 0 aliphatic rings. The maximum Gasteiger partial charge on any atom is 0.404 e. The quantitative estimate of drug-likeness (QED) is 0.525. The van der Waals surface area contributed by atoms with E-state index in [1.165, 1.54) is 0 Å². The lowest BCUT2D eigenvalue weighted by Gasteiger charge is -2.04. The van der Waals surface area contributed by atoms with Gasteiger partial charge in [0, 0.05) is 18.8 Å². The molecule has 82 valence electrons. The van der Waals surface area contributed by atoms with Crippen LogP contribution in [0.3, 0.4) is 0 Å². The zero-order chi connectivity index (χ0) is 10.8. The van der Waals surface area contributed by atoms with Crippen LogP contribution in [0.4, 0.5) is 4.79 Å². The first-order valence-corrected chi connectivity index (χ1v) is 4.99. The van der Waals surface area contributed by atoms with Crippen LogP contribution in [-0.2, 0) is 0 Å². The molecule has 0 radical (unpaired) electrons. The lowest BCUT2D eigenvalue weighted by Crippen LogP contribution is -2.21. The molecule has 0 unspecified atom stereocenters. The van der Waals surface area contributed by atoms with E-state index in [4.69, 9.17) is 5.11 Å². The van der Waals surface area contributed by atoms with E-state index in [0.29, 0.717) is 6.54 Å². The number of hydrogen-bond acceptors (Lipinski definition) is 2. The van der Waals surface area contributed by atoms with Crippen LogP contribution in [0.15, 0.2) is 12.3 Å². The molecule has 3 N–H and O–H groups in total. The first-order chi connectivity index (χ1) is 6.63. The van der Waals surface area contributed by atoms with E-state index in [0.717, 1.165) is 37.9 Å². The highest BCUT2D eigenvalue weighted by Gasteiger charge is 1.93. The normalized spacial score (nSPS) is 9.50. The summed E-state index contributed by atoms with van der Waals surface area (Å²) in [5.74, 6) is 0. The van der Waals surface area contributed by atoms with Crippen LogP contribution < -0.4 is 10.6 Å². The number of allylic oxidation sites excluding steroid dienone is 1. The van der Waals surface area contributed by atoms with E-state index < -0.39 is 6.09 Å². The predicted octanol–water partition coefficient (Wildman–Crippen LogP) is 1.94. The number of amides is 1. The lowest BCUT2D eigenvalue weighted by molar-refractivity contribution is 0.194. The number of unbranched alkanes of at least 4 members (excludes halogenated alkanes) is 3. The van der Waals surface area contributed by atoms with Crippen molar-refractivity contribution in [2.45, 2.75) is 32.6 Å². The van der Waals surface area contributed by atoms with Crippen LogP contribution in [-0.4, -0.2) is 24.3 Å². The average Bonchev–Trinajstić information content (AvgIpc) is 2.08. The molecule has 0 atom stereocenters. The maximum absolute atomic E-state index is 10.1. The second kappa shape index (κ2) is 8.41. The summed E-state index contributed by atoms with van der Waals surface area (Å²) in [6.45, 7) is 7.20. The summed E-state index contributed by atoms with van der Waals surface area (Å²) in [4.78, 5) is 10.1. The molecule has 0 aliphatic heterocycles. The molecule has 0 saturated heterocycles. The van der Waals surface area contributed by atoms with Crippen LogP contribution in [0.2, 0.25) is 0 Å². The average molecular weight is 200 g/mol. The molecule has 0 aromatic carbocycles. The van der Waals surface area contributed by atoms with Crippen molar-refractivity contribution in [1.82, 2.24) is 10.6 Å². The standard InChI is InChI=1S/C10H20N2O2/c1-9(2)11-7-5-3-4-6-8-12-10(13)14/h11-12H,1,3-8H2,2H3,(H,13,14). The SMILES string of the molecule is C=C(C)NCCCCCCNC(=O)O. The number of hydrogen-bond donors (Lipinski definition) is 3. The fraction of sp³-hybridized carbons (Fsp3) is 0.700. The van der Waals surface area contributed by atoms with E-state index in [-0.39, 0.29) is 0 Å². The van der Waals surface area contributed by atoms with E-state index in [9.17, 15) is 4.79 Å². The molecule has 0 aromatic heterocycles. The molecule has 0 saturated carbocycles. The number of carbonyl (C=O) groups is 1. The van der Waals surface area contributed by atoms with Crippen molar-refractivity contribution in [2.24, 2.45) is 0 Å². The first-order valence-electron chi connectivity index (χ1n) is 4.99. The number of carboxylic acid groups (broad SMARTS) is 1. The Labute approximate surface area is 85.4 Å². The molecule has 0 heterocycles. The topological polar surface area (TPSA) is 61.4 Å². The zero-order valence-corrected chi connectivity index (χ0v) is 8.81. The third-order valence-electron chi connectivity index (χ3n) is 1.81. The summed E-state index contributed by atoms with van der Waals surface area (Å²) in [5, 5.41) is 13.8. The largest absolute Gasteiger partial charge is 0.465 e. The van der Waals surface area contributed by atoms with Crippen LogP contribution in [0, 0.1) is 0 Å². The van der Waals surface area contributed by atoms with Gasteiger partial charge in [0.15, 0.2) is 0 Å². The summed E-state index contributed by atoms with van der Waals surface area (Å²) >= 11 is 0. The molecule has 0 fully saturated rings. The van der Waals surface area contributed by atoms with Crippen molar-refractivity contribution >= 4 is 6.09 Å². The predicted molar refractivity (Wildman–Crippen MR) is 57.3 cm³/mol. The molecule has 4 nitrogen and oxygen atoms in total. The van der Waals surface area contributed by atoms with Gasteiger partial charge in [-0.1, -0.05) is 19.4 Å². The molecule has 0 aromatic rings. The molecular weight excluding hydrogens is 180 g/mol. The number of nitrogens with one attached hydrogen (secondary N) is 2. The van der Waals surface area contributed by atoms with Crippen molar-refractivity contribution in [3.63, 3.8) is 0 Å². The monoisotopic (exact) mass is 200 g/mol. The Hall–Kier alpha value is -1.19. The van der Waals surface area contributed by atoms with E-state index >= 15 is 0 Å². The van der Waals surface area contributed by atoms with Gasteiger partial charge >= 0.3 is 6.09 Å². The van der Waals surface area contributed by atoms with Crippen LogP contribution >= 0.6 is 0 Å².